The molecule has 1 spiro atoms. The van der Waals surface area contributed by atoms with Gasteiger partial charge >= 0.3 is 0 Å². The van der Waals surface area contributed by atoms with Crippen molar-refractivity contribution in [1.82, 2.24) is 10.2 Å². The van der Waals surface area contributed by atoms with Gasteiger partial charge in [-0.1, -0.05) is 79.6 Å². The first-order valence-electron chi connectivity index (χ1n) is 11.6. The lowest BCUT2D eigenvalue weighted by Gasteiger charge is -2.50. The molecule has 1 saturated carbocycles. The summed E-state index contributed by atoms with van der Waals surface area (Å²) in [5.41, 5.74) is 2.27. The number of carbonyl (C=O) groups excluding carboxylic acids is 2. The molecule has 4 nitrogen and oxygen atoms in total. The maximum Gasteiger partial charge on any atom is 0.254 e. The molecule has 0 aromatic heterocycles. The minimum absolute atomic E-state index is 0.0190. The predicted octanol–water partition coefficient (Wildman–Crippen LogP) is 5.19. The van der Waals surface area contributed by atoms with Crippen molar-refractivity contribution < 1.29 is 14.0 Å². The molecule has 0 bridgehead atoms. The number of amides is 2. The number of benzene rings is 3. The maximum absolute atomic E-state index is 14.2. The molecule has 0 saturated heterocycles. The summed E-state index contributed by atoms with van der Waals surface area (Å²) in [7, 11) is 0. The lowest BCUT2D eigenvalue weighted by atomic mass is 9.71. The van der Waals surface area contributed by atoms with E-state index in [-0.39, 0.29) is 24.2 Å². The number of fused-ring (bicyclic) bond motifs is 1. The van der Waals surface area contributed by atoms with Crippen LogP contribution >= 0.6 is 0 Å². The molecule has 1 atom stereocenters. The third kappa shape index (κ3) is 3.82. The van der Waals surface area contributed by atoms with Crippen LogP contribution in [-0.2, 0) is 17.9 Å². The number of rotatable bonds is 5. The molecule has 1 aliphatic heterocycles. The van der Waals surface area contributed by atoms with Gasteiger partial charge in [0.15, 0.2) is 0 Å². The highest BCUT2D eigenvalue weighted by molar-refractivity contribution is 6.02. The molecule has 1 aliphatic carbocycles. The molecule has 168 valence electrons. The molecule has 3 aromatic carbocycles. The van der Waals surface area contributed by atoms with E-state index in [4.69, 9.17) is 0 Å². The maximum atomic E-state index is 14.2. The molecule has 0 radical (unpaired) electrons. The normalized spacial score (nSPS) is 18.9. The molecule has 1 N–H and O–H groups in total. The standard InChI is InChI=1S/C28H27FN2O2/c29-24-15-7-4-12-21(24)18-30-26(32)25-22-13-5-6-14-23(22)27(33)31(28(25)16-8-9-17-28)19-20-10-2-1-3-11-20/h1-7,10-15,25H,8-9,16-19H2,(H,30,32)/t25-/m1/s1. The molecule has 5 heteroatoms. The second-order valence-corrected chi connectivity index (χ2v) is 9.02. The summed E-state index contributed by atoms with van der Waals surface area (Å²) in [6.07, 6.45) is 3.49. The number of hydrogen-bond donors (Lipinski definition) is 1. The van der Waals surface area contributed by atoms with Crippen LogP contribution in [0.2, 0.25) is 0 Å². The summed E-state index contributed by atoms with van der Waals surface area (Å²) in [5, 5.41) is 2.98. The predicted molar refractivity (Wildman–Crippen MR) is 125 cm³/mol. The van der Waals surface area contributed by atoms with Gasteiger partial charge in [0.2, 0.25) is 5.91 Å². The van der Waals surface area contributed by atoms with Crippen molar-refractivity contribution >= 4 is 11.8 Å². The number of nitrogens with zero attached hydrogens (tertiary/aromatic N) is 1. The van der Waals surface area contributed by atoms with E-state index >= 15 is 0 Å². The van der Waals surface area contributed by atoms with Gasteiger partial charge in [-0.15, -0.1) is 0 Å². The van der Waals surface area contributed by atoms with Crippen molar-refractivity contribution in [3.8, 4) is 0 Å². The van der Waals surface area contributed by atoms with Crippen LogP contribution < -0.4 is 5.32 Å². The SMILES string of the molecule is O=C(NCc1ccccc1F)[C@H]1c2ccccc2C(=O)N(Cc2ccccc2)C12CCCC2. The summed E-state index contributed by atoms with van der Waals surface area (Å²) < 4.78 is 14.2. The number of nitrogens with one attached hydrogen (secondary N) is 1. The van der Waals surface area contributed by atoms with Crippen molar-refractivity contribution in [2.75, 3.05) is 0 Å². The second kappa shape index (κ2) is 8.81. The van der Waals surface area contributed by atoms with Crippen molar-refractivity contribution in [1.29, 1.82) is 0 Å². The zero-order valence-electron chi connectivity index (χ0n) is 18.5. The Balaban J connectivity index is 1.54. The third-order valence-corrected chi connectivity index (χ3v) is 7.15. The van der Waals surface area contributed by atoms with E-state index < -0.39 is 11.5 Å². The number of hydrogen-bond acceptors (Lipinski definition) is 2. The first kappa shape index (κ1) is 21.4. The monoisotopic (exact) mass is 442 g/mol. The molecule has 1 fully saturated rings. The van der Waals surface area contributed by atoms with Crippen LogP contribution in [0.3, 0.4) is 0 Å². The Morgan fingerprint density at radius 3 is 2.36 bits per heavy atom. The molecular weight excluding hydrogens is 415 g/mol. The minimum atomic E-state index is -0.583. The van der Waals surface area contributed by atoms with Crippen LogP contribution in [0.25, 0.3) is 0 Å². The zero-order valence-corrected chi connectivity index (χ0v) is 18.5. The van der Waals surface area contributed by atoms with Crippen LogP contribution in [0.15, 0.2) is 78.9 Å². The van der Waals surface area contributed by atoms with Crippen LogP contribution in [0, 0.1) is 5.82 Å². The van der Waals surface area contributed by atoms with Crippen molar-refractivity contribution in [2.45, 2.75) is 50.2 Å². The average molecular weight is 443 g/mol. The summed E-state index contributed by atoms with van der Waals surface area (Å²) >= 11 is 0. The summed E-state index contributed by atoms with van der Waals surface area (Å²) in [6, 6.07) is 23.9. The van der Waals surface area contributed by atoms with E-state index in [1.54, 1.807) is 18.2 Å². The number of halogens is 1. The molecule has 3 aromatic rings. The highest BCUT2D eigenvalue weighted by Crippen LogP contribution is 2.50. The van der Waals surface area contributed by atoms with E-state index in [0.29, 0.717) is 17.7 Å². The van der Waals surface area contributed by atoms with Gasteiger partial charge < -0.3 is 10.2 Å². The Bertz CT molecular complexity index is 1170. The fraction of sp³-hybridized carbons (Fsp3) is 0.286. The largest absolute Gasteiger partial charge is 0.351 e. The Labute approximate surface area is 193 Å². The molecule has 0 unspecified atom stereocenters. The first-order chi connectivity index (χ1) is 16.1. The first-order valence-corrected chi connectivity index (χ1v) is 11.6. The van der Waals surface area contributed by atoms with Crippen LogP contribution in [0.5, 0.6) is 0 Å². The quantitative estimate of drug-likeness (QED) is 0.591. The molecule has 1 heterocycles. The van der Waals surface area contributed by atoms with Gasteiger partial charge in [0, 0.05) is 24.2 Å². The van der Waals surface area contributed by atoms with Gasteiger partial charge in [-0.3, -0.25) is 9.59 Å². The highest BCUT2D eigenvalue weighted by atomic mass is 19.1. The molecular formula is C28H27FN2O2. The van der Waals surface area contributed by atoms with Gasteiger partial charge in [0.1, 0.15) is 5.82 Å². The van der Waals surface area contributed by atoms with Gasteiger partial charge in [-0.25, -0.2) is 4.39 Å². The Morgan fingerprint density at radius 2 is 1.61 bits per heavy atom. The van der Waals surface area contributed by atoms with Gasteiger partial charge in [-0.05, 0) is 36.1 Å². The third-order valence-electron chi connectivity index (χ3n) is 7.15. The van der Waals surface area contributed by atoms with Gasteiger partial charge in [0.05, 0.1) is 11.5 Å². The average Bonchev–Trinajstić information content (AvgIpc) is 3.32. The van der Waals surface area contributed by atoms with E-state index in [1.165, 1.54) is 6.07 Å². The fourth-order valence-corrected chi connectivity index (χ4v) is 5.59. The van der Waals surface area contributed by atoms with Crippen molar-refractivity contribution in [3.63, 3.8) is 0 Å². The van der Waals surface area contributed by atoms with E-state index in [9.17, 15) is 14.0 Å². The Kier molecular flexibility index (Phi) is 5.71. The lowest BCUT2D eigenvalue weighted by molar-refractivity contribution is -0.126. The Hall–Kier alpha value is -3.47. The smallest absolute Gasteiger partial charge is 0.254 e. The molecule has 5 rings (SSSR count). The van der Waals surface area contributed by atoms with E-state index in [0.717, 1.165) is 36.8 Å². The van der Waals surface area contributed by atoms with Gasteiger partial charge in [-0.2, -0.15) is 0 Å². The number of carbonyl (C=O) groups is 2. The van der Waals surface area contributed by atoms with Crippen LogP contribution in [0.1, 0.15) is 58.6 Å². The van der Waals surface area contributed by atoms with Crippen molar-refractivity contribution in [2.24, 2.45) is 0 Å². The highest BCUT2D eigenvalue weighted by Gasteiger charge is 2.55. The second-order valence-electron chi connectivity index (χ2n) is 9.02. The Morgan fingerprint density at radius 1 is 0.939 bits per heavy atom. The molecule has 2 amide bonds. The molecule has 2 aliphatic rings. The molecule has 33 heavy (non-hydrogen) atoms. The summed E-state index contributed by atoms with van der Waals surface area (Å²) in [5.74, 6) is -1.00. The lowest BCUT2D eigenvalue weighted by Crippen LogP contribution is -2.60. The van der Waals surface area contributed by atoms with Crippen LogP contribution in [0.4, 0.5) is 4.39 Å². The fourth-order valence-electron chi connectivity index (χ4n) is 5.59. The summed E-state index contributed by atoms with van der Waals surface area (Å²) in [4.78, 5) is 29.4. The summed E-state index contributed by atoms with van der Waals surface area (Å²) in [6.45, 7) is 0.581. The van der Waals surface area contributed by atoms with E-state index in [2.05, 4.69) is 5.32 Å². The van der Waals surface area contributed by atoms with E-state index in [1.807, 2.05) is 59.5 Å². The minimum Gasteiger partial charge on any atom is -0.351 e. The van der Waals surface area contributed by atoms with Crippen molar-refractivity contribution in [3.05, 3.63) is 107 Å². The van der Waals surface area contributed by atoms with Crippen LogP contribution in [-0.4, -0.2) is 22.3 Å². The zero-order chi connectivity index (χ0) is 22.8. The topological polar surface area (TPSA) is 49.4 Å². The van der Waals surface area contributed by atoms with Gasteiger partial charge in [0.25, 0.3) is 5.91 Å².